The zero-order valence-corrected chi connectivity index (χ0v) is 17.8. The van der Waals surface area contributed by atoms with Crippen LogP contribution in [-0.4, -0.2) is 38.7 Å². The van der Waals surface area contributed by atoms with Gasteiger partial charge in [0.05, 0.1) is 24.4 Å². The van der Waals surface area contributed by atoms with E-state index in [0.29, 0.717) is 11.7 Å². The van der Waals surface area contributed by atoms with Gasteiger partial charge in [-0.05, 0) is 68.0 Å². The lowest BCUT2D eigenvalue weighted by Gasteiger charge is -2.28. The van der Waals surface area contributed by atoms with Gasteiger partial charge in [-0.15, -0.1) is 0 Å². The summed E-state index contributed by atoms with van der Waals surface area (Å²) in [4.78, 5) is 18.8. The van der Waals surface area contributed by atoms with Crippen molar-refractivity contribution in [2.24, 2.45) is 0 Å². The molecule has 0 saturated carbocycles. The molecule has 2 atom stereocenters. The van der Waals surface area contributed by atoms with Crippen molar-refractivity contribution in [2.45, 2.75) is 25.9 Å². The van der Waals surface area contributed by atoms with Crippen LogP contribution in [-0.2, 0) is 9.53 Å². The molecule has 30 heavy (non-hydrogen) atoms. The second kappa shape index (κ2) is 8.67. The molecule has 1 N–H and O–H groups in total. The molecular formula is C23H24N4O2S. The summed E-state index contributed by atoms with van der Waals surface area (Å²) < 4.78 is 7.34. The van der Waals surface area contributed by atoms with Gasteiger partial charge in [0.2, 0.25) is 0 Å². The molecule has 1 aromatic carbocycles. The molecule has 6 nitrogen and oxygen atoms in total. The first-order chi connectivity index (χ1) is 14.6. The van der Waals surface area contributed by atoms with Crippen molar-refractivity contribution < 1.29 is 9.53 Å². The van der Waals surface area contributed by atoms with Crippen molar-refractivity contribution in [3.8, 4) is 5.69 Å². The van der Waals surface area contributed by atoms with Crippen molar-refractivity contribution in [2.75, 3.05) is 13.2 Å². The third kappa shape index (κ3) is 3.93. The van der Waals surface area contributed by atoms with E-state index >= 15 is 0 Å². The smallest absolute Gasteiger partial charge is 0.325 e. The van der Waals surface area contributed by atoms with Gasteiger partial charge in [0.15, 0.2) is 5.11 Å². The van der Waals surface area contributed by atoms with E-state index in [2.05, 4.69) is 46.1 Å². The van der Waals surface area contributed by atoms with Gasteiger partial charge in [-0.1, -0.05) is 18.2 Å². The lowest BCUT2D eigenvalue weighted by atomic mass is 10.0. The van der Waals surface area contributed by atoms with Gasteiger partial charge >= 0.3 is 5.97 Å². The average Bonchev–Trinajstić information content (AvgIpc) is 3.34. The number of nitrogens with one attached hydrogen (secondary N) is 1. The maximum Gasteiger partial charge on any atom is 0.325 e. The summed E-state index contributed by atoms with van der Waals surface area (Å²) in [6.45, 7) is 4.28. The highest BCUT2D eigenvalue weighted by atomic mass is 32.1. The number of benzene rings is 1. The summed E-state index contributed by atoms with van der Waals surface area (Å²) in [5.41, 5.74) is 4.13. The topological polar surface area (TPSA) is 59.4 Å². The molecule has 0 bridgehead atoms. The SMILES string of the molecule is CCOC(=O)CN1C(=S)N[C@H](c2ccccn2)[C@H]1c1cccn1-c1cccc(C)c1. The summed E-state index contributed by atoms with van der Waals surface area (Å²) in [7, 11) is 0. The fourth-order valence-corrected chi connectivity index (χ4v) is 4.20. The van der Waals surface area contributed by atoms with Crippen molar-refractivity contribution >= 4 is 23.3 Å². The molecule has 0 radical (unpaired) electrons. The highest BCUT2D eigenvalue weighted by Gasteiger charge is 2.42. The normalized spacial score (nSPS) is 18.3. The Bertz CT molecular complexity index is 1050. The molecule has 0 amide bonds. The van der Waals surface area contributed by atoms with Crippen LogP contribution in [0, 0.1) is 6.92 Å². The average molecular weight is 421 g/mol. The first-order valence-corrected chi connectivity index (χ1v) is 10.4. The molecule has 7 heteroatoms. The first kappa shape index (κ1) is 20.1. The predicted molar refractivity (Wildman–Crippen MR) is 119 cm³/mol. The fraction of sp³-hybridized carbons (Fsp3) is 0.261. The van der Waals surface area contributed by atoms with Gasteiger partial charge in [0.1, 0.15) is 6.54 Å². The van der Waals surface area contributed by atoms with Crippen molar-refractivity contribution in [1.29, 1.82) is 0 Å². The van der Waals surface area contributed by atoms with E-state index in [-0.39, 0.29) is 24.6 Å². The molecular weight excluding hydrogens is 396 g/mol. The van der Waals surface area contributed by atoms with Crippen LogP contribution in [0.1, 0.15) is 36.0 Å². The van der Waals surface area contributed by atoms with Crippen LogP contribution < -0.4 is 5.32 Å². The Morgan fingerprint density at radius 1 is 1.20 bits per heavy atom. The number of aryl methyl sites for hydroxylation is 1. The van der Waals surface area contributed by atoms with Gasteiger partial charge in [-0.2, -0.15) is 0 Å². The van der Waals surface area contributed by atoms with E-state index in [0.717, 1.165) is 17.1 Å². The fourth-order valence-electron chi connectivity index (χ4n) is 3.89. The summed E-state index contributed by atoms with van der Waals surface area (Å²) in [5, 5.41) is 3.88. The molecule has 3 heterocycles. The number of nitrogens with zero attached hydrogens (tertiary/aromatic N) is 3. The number of rotatable bonds is 6. The zero-order chi connectivity index (χ0) is 21.1. The van der Waals surface area contributed by atoms with Crippen LogP contribution in [0.4, 0.5) is 0 Å². The molecule has 3 aromatic rings. The summed E-state index contributed by atoms with van der Waals surface area (Å²) >= 11 is 5.62. The van der Waals surface area contributed by atoms with E-state index in [9.17, 15) is 4.79 Å². The number of thiocarbonyl (C=S) groups is 1. The quantitative estimate of drug-likeness (QED) is 0.485. The molecule has 2 aromatic heterocycles. The molecule has 4 rings (SSSR count). The van der Waals surface area contributed by atoms with Crippen LogP contribution in [0.5, 0.6) is 0 Å². The third-order valence-corrected chi connectivity index (χ3v) is 5.52. The van der Waals surface area contributed by atoms with Crippen molar-refractivity contribution in [3.63, 3.8) is 0 Å². The molecule has 0 unspecified atom stereocenters. The summed E-state index contributed by atoms with van der Waals surface area (Å²) in [5.74, 6) is -0.304. The van der Waals surface area contributed by atoms with Gasteiger partial charge in [0.25, 0.3) is 0 Å². The lowest BCUT2D eigenvalue weighted by molar-refractivity contribution is -0.143. The third-order valence-electron chi connectivity index (χ3n) is 5.17. The Kier molecular flexibility index (Phi) is 5.81. The number of carbonyl (C=O) groups is 1. The summed E-state index contributed by atoms with van der Waals surface area (Å²) in [6, 6.07) is 17.8. The molecule has 0 aliphatic carbocycles. The predicted octanol–water partition coefficient (Wildman–Crippen LogP) is 3.72. The number of pyridine rings is 1. The second-order valence-corrected chi connectivity index (χ2v) is 7.59. The van der Waals surface area contributed by atoms with Crippen LogP contribution in [0.15, 0.2) is 67.0 Å². The Labute approximate surface area is 181 Å². The minimum absolute atomic E-state index is 0.0761. The number of ether oxygens (including phenoxy) is 1. The summed E-state index contributed by atoms with van der Waals surface area (Å²) in [6.07, 6.45) is 3.80. The van der Waals surface area contributed by atoms with Gasteiger partial charge in [0, 0.05) is 23.8 Å². The van der Waals surface area contributed by atoms with Gasteiger partial charge < -0.3 is 19.5 Å². The van der Waals surface area contributed by atoms with Crippen LogP contribution >= 0.6 is 12.2 Å². The molecule has 1 fully saturated rings. The Balaban J connectivity index is 1.79. The highest BCUT2D eigenvalue weighted by molar-refractivity contribution is 7.80. The van der Waals surface area contributed by atoms with Crippen LogP contribution in [0.25, 0.3) is 5.69 Å². The second-order valence-electron chi connectivity index (χ2n) is 7.20. The number of carbonyl (C=O) groups excluding carboxylic acids is 1. The number of hydrogen-bond donors (Lipinski definition) is 1. The maximum atomic E-state index is 12.3. The number of hydrogen-bond acceptors (Lipinski definition) is 4. The minimum Gasteiger partial charge on any atom is -0.465 e. The molecule has 1 saturated heterocycles. The standard InChI is InChI=1S/C23H24N4O2S/c1-3-29-20(28)15-27-22(21(25-23(27)30)18-10-4-5-12-24-18)19-11-7-13-26(19)17-9-6-8-16(2)14-17/h4-14,21-22H,3,15H2,1-2H3,(H,25,30)/t21-,22-/m1/s1. The molecule has 1 aliphatic rings. The molecule has 0 spiro atoms. The van der Waals surface area contributed by atoms with Crippen molar-refractivity contribution in [3.05, 3.63) is 83.9 Å². The lowest BCUT2D eigenvalue weighted by Crippen LogP contribution is -2.36. The zero-order valence-electron chi connectivity index (χ0n) is 17.0. The largest absolute Gasteiger partial charge is 0.465 e. The van der Waals surface area contributed by atoms with E-state index in [4.69, 9.17) is 17.0 Å². The van der Waals surface area contributed by atoms with E-state index < -0.39 is 0 Å². The number of esters is 1. The Morgan fingerprint density at radius 3 is 2.80 bits per heavy atom. The first-order valence-electron chi connectivity index (χ1n) is 9.96. The van der Waals surface area contributed by atoms with E-state index in [1.54, 1.807) is 13.1 Å². The Morgan fingerprint density at radius 2 is 2.07 bits per heavy atom. The van der Waals surface area contributed by atoms with Gasteiger partial charge in [-0.25, -0.2) is 0 Å². The van der Waals surface area contributed by atoms with Crippen molar-refractivity contribution in [1.82, 2.24) is 19.8 Å². The molecule has 154 valence electrons. The van der Waals surface area contributed by atoms with E-state index in [1.807, 2.05) is 41.4 Å². The van der Waals surface area contributed by atoms with Crippen LogP contribution in [0.2, 0.25) is 0 Å². The Hall–Kier alpha value is -3.19. The van der Waals surface area contributed by atoms with Gasteiger partial charge in [-0.3, -0.25) is 9.78 Å². The number of aromatic nitrogens is 2. The molecule has 1 aliphatic heterocycles. The van der Waals surface area contributed by atoms with E-state index in [1.165, 1.54) is 5.56 Å². The maximum absolute atomic E-state index is 12.3. The van der Waals surface area contributed by atoms with Crippen LogP contribution in [0.3, 0.4) is 0 Å². The monoisotopic (exact) mass is 420 g/mol. The minimum atomic E-state index is -0.304. The highest BCUT2D eigenvalue weighted by Crippen LogP contribution is 2.39.